The van der Waals surface area contributed by atoms with Crippen LogP contribution in [0.3, 0.4) is 0 Å². The fourth-order valence-electron chi connectivity index (χ4n) is 2.54. The number of nitrogens with one attached hydrogen (secondary N) is 1. The molecule has 1 unspecified atom stereocenters. The number of benzene rings is 2. The van der Waals surface area contributed by atoms with Gasteiger partial charge in [-0.3, -0.25) is 4.79 Å². The second-order valence-corrected chi connectivity index (χ2v) is 5.07. The molecule has 2 N–H and O–H groups in total. The molecule has 1 heterocycles. The molecule has 0 aliphatic carbocycles. The summed E-state index contributed by atoms with van der Waals surface area (Å²) in [5, 5.41) is 11.9. The summed E-state index contributed by atoms with van der Waals surface area (Å²) in [5.74, 6) is 0.578. The summed E-state index contributed by atoms with van der Waals surface area (Å²) in [6, 6.07) is 14.9. The lowest BCUT2D eigenvalue weighted by Gasteiger charge is -2.25. The van der Waals surface area contributed by atoms with Gasteiger partial charge in [0.15, 0.2) is 0 Å². The molecule has 1 aliphatic heterocycles. The van der Waals surface area contributed by atoms with Crippen LogP contribution in [0.4, 0.5) is 5.69 Å². The molecular weight excluding hydrogens is 266 g/mol. The average Bonchev–Trinajstić information content (AvgIpc) is 2.55. The largest absolute Gasteiger partial charge is 0.493 e. The Hall–Kier alpha value is -2.33. The lowest BCUT2D eigenvalue weighted by molar-refractivity contribution is -0.118. The Bertz CT molecular complexity index is 637. The standard InChI is InChI=1S/C17H17NO3/c19-11-12-5-7-13(8-6-12)18-17(20)15-9-10-21-16-4-2-1-3-14(15)16/h1-8,15,19H,9-11H2,(H,18,20). The van der Waals surface area contributed by atoms with Crippen LogP contribution in [0.5, 0.6) is 5.75 Å². The Morgan fingerprint density at radius 3 is 2.71 bits per heavy atom. The van der Waals surface area contributed by atoms with Gasteiger partial charge in [0.1, 0.15) is 5.75 Å². The Morgan fingerprint density at radius 2 is 1.95 bits per heavy atom. The van der Waals surface area contributed by atoms with Crippen molar-refractivity contribution in [1.82, 2.24) is 0 Å². The third-order valence-corrected chi connectivity index (χ3v) is 3.68. The summed E-state index contributed by atoms with van der Waals surface area (Å²) in [6.07, 6.45) is 0.678. The molecule has 4 nitrogen and oxygen atoms in total. The number of rotatable bonds is 3. The lowest BCUT2D eigenvalue weighted by atomic mass is 9.92. The van der Waals surface area contributed by atoms with E-state index in [0.29, 0.717) is 13.0 Å². The van der Waals surface area contributed by atoms with E-state index >= 15 is 0 Å². The molecule has 0 spiro atoms. The maximum atomic E-state index is 12.5. The summed E-state index contributed by atoms with van der Waals surface area (Å²) in [4.78, 5) is 12.5. The molecule has 108 valence electrons. The van der Waals surface area contributed by atoms with Crippen LogP contribution in [-0.4, -0.2) is 17.6 Å². The average molecular weight is 283 g/mol. The van der Waals surface area contributed by atoms with Gasteiger partial charge in [0, 0.05) is 11.3 Å². The molecule has 0 radical (unpaired) electrons. The molecule has 0 fully saturated rings. The van der Waals surface area contributed by atoms with Gasteiger partial charge in [-0.1, -0.05) is 30.3 Å². The molecule has 1 amide bonds. The fourth-order valence-corrected chi connectivity index (χ4v) is 2.54. The van der Waals surface area contributed by atoms with Crippen molar-refractivity contribution in [3.05, 3.63) is 59.7 Å². The number of aliphatic hydroxyl groups excluding tert-OH is 1. The van der Waals surface area contributed by atoms with E-state index in [2.05, 4.69) is 5.32 Å². The first-order valence-electron chi connectivity index (χ1n) is 7.00. The highest BCUT2D eigenvalue weighted by Crippen LogP contribution is 2.34. The van der Waals surface area contributed by atoms with E-state index in [1.807, 2.05) is 24.3 Å². The van der Waals surface area contributed by atoms with Crippen molar-refractivity contribution >= 4 is 11.6 Å². The molecule has 3 rings (SSSR count). The molecule has 1 atom stereocenters. The van der Waals surface area contributed by atoms with E-state index < -0.39 is 0 Å². The molecule has 1 aliphatic rings. The second kappa shape index (κ2) is 5.97. The van der Waals surface area contributed by atoms with Gasteiger partial charge in [0.2, 0.25) is 5.91 Å². The van der Waals surface area contributed by atoms with Gasteiger partial charge >= 0.3 is 0 Å². The van der Waals surface area contributed by atoms with Crippen molar-refractivity contribution in [3.8, 4) is 5.75 Å². The number of aliphatic hydroxyl groups is 1. The summed E-state index contributed by atoms with van der Waals surface area (Å²) in [7, 11) is 0. The number of fused-ring (bicyclic) bond motifs is 1. The van der Waals surface area contributed by atoms with Gasteiger partial charge in [0.25, 0.3) is 0 Å². The fraction of sp³-hybridized carbons (Fsp3) is 0.235. The number of anilines is 1. The number of carbonyl (C=O) groups is 1. The number of hydrogen-bond donors (Lipinski definition) is 2. The highest BCUT2D eigenvalue weighted by Gasteiger charge is 2.27. The van der Waals surface area contributed by atoms with Gasteiger partial charge in [-0.25, -0.2) is 0 Å². The normalized spacial score (nSPS) is 16.7. The molecule has 21 heavy (non-hydrogen) atoms. The van der Waals surface area contributed by atoms with Crippen molar-refractivity contribution in [3.63, 3.8) is 0 Å². The maximum absolute atomic E-state index is 12.5. The highest BCUT2D eigenvalue weighted by atomic mass is 16.5. The Balaban J connectivity index is 1.76. The Morgan fingerprint density at radius 1 is 1.19 bits per heavy atom. The minimum atomic E-state index is -0.188. The van der Waals surface area contributed by atoms with E-state index in [1.54, 1.807) is 24.3 Å². The van der Waals surface area contributed by atoms with E-state index in [9.17, 15) is 4.79 Å². The first kappa shape index (κ1) is 13.6. The molecule has 0 saturated carbocycles. The second-order valence-electron chi connectivity index (χ2n) is 5.07. The molecule has 0 saturated heterocycles. The van der Waals surface area contributed by atoms with Gasteiger partial charge in [-0.2, -0.15) is 0 Å². The smallest absolute Gasteiger partial charge is 0.232 e. The minimum Gasteiger partial charge on any atom is -0.493 e. The predicted molar refractivity (Wildman–Crippen MR) is 80.3 cm³/mol. The van der Waals surface area contributed by atoms with Crippen molar-refractivity contribution in [2.75, 3.05) is 11.9 Å². The quantitative estimate of drug-likeness (QED) is 0.910. The molecule has 0 bridgehead atoms. The SMILES string of the molecule is O=C(Nc1ccc(CO)cc1)C1CCOc2ccccc21. The van der Waals surface area contributed by atoms with Crippen molar-refractivity contribution in [2.45, 2.75) is 18.9 Å². The van der Waals surface area contributed by atoms with Crippen LogP contribution in [-0.2, 0) is 11.4 Å². The Kier molecular flexibility index (Phi) is 3.88. The van der Waals surface area contributed by atoms with Crippen LogP contribution < -0.4 is 10.1 Å². The van der Waals surface area contributed by atoms with Crippen LogP contribution in [0.2, 0.25) is 0 Å². The summed E-state index contributed by atoms with van der Waals surface area (Å²) in [6.45, 7) is 0.556. The molecular formula is C17H17NO3. The van der Waals surface area contributed by atoms with Crippen LogP contribution >= 0.6 is 0 Å². The topological polar surface area (TPSA) is 58.6 Å². The van der Waals surface area contributed by atoms with Crippen molar-refractivity contribution in [1.29, 1.82) is 0 Å². The molecule has 2 aromatic rings. The first-order valence-corrected chi connectivity index (χ1v) is 7.00. The number of para-hydroxylation sites is 1. The predicted octanol–water partition coefficient (Wildman–Crippen LogP) is 2.68. The van der Waals surface area contributed by atoms with Crippen molar-refractivity contribution < 1.29 is 14.6 Å². The lowest BCUT2D eigenvalue weighted by Crippen LogP contribution is -2.26. The zero-order chi connectivity index (χ0) is 14.7. The summed E-state index contributed by atoms with van der Waals surface area (Å²) in [5.41, 5.74) is 2.50. The minimum absolute atomic E-state index is 0.00155. The van der Waals surface area contributed by atoms with E-state index in [-0.39, 0.29) is 18.4 Å². The maximum Gasteiger partial charge on any atom is 0.232 e. The monoisotopic (exact) mass is 283 g/mol. The van der Waals surface area contributed by atoms with Gasteiger partial charge < -0.3 is 15.2 Å². The van der Waals surface area contributed by atoms with Gasteiger partial charge in [-0.05, 0) is 30.2 Å². The van der Waals surface area contributed by atoms with E-state index in [0.717, 1.165) is 22.6 Å². The third kappa shape index (κ3) is 2.90. The van der Waals surface area contributed by atoms with Crippen molar-refractivity contribution in [2.24, 2.45) is 0 Å². The third-order valence-electron chi connectivity index (χ3n) is 3.68. The molecule has 0 aromatic heterocycles. The highest BCUT2D eigenvalue weighted by molar-refractivity contribution is 5.96. The first-order chi connectivity index (χ1) is 10.3. The number of carbonyl (C=O) groups excluding carboxylic acids is 1. The zero-order valence-corrected chi connectivity index (χ0v) is 11.6. The molecule has 4 heteroatoms. The van der Waals surface area contributed by atoms with E-state index in [1.165, 1.54) is 0 Å². The number of hydrogen-bond acceptors (Lipinski definition) is 3. The van der Waals surface area contributed by atoms with Crippen LogP contribution in [0, 0.1) is 0 Å². The van der Waals surface area contributed by atoms with Gasteiger partial charge in [-0.15, -0.1) is 0 Å². The van der Waals surface area contributed by atoms with Crippen LogP contribution in [0.25, 0.3) is 0 Å². The van der Waals surface area contributed by atoms with Crippen LogP contribution in [0.15, 0.2) is 48.5 Å². The number of ether oxygens (including phenoxy) is 1. The van der Waals surface area contributed by atoms with Crippen LogP contribution in [0.1, 0.15) is 23.5 Å². The Labute approximate surface area is 123 Å². The number of amides is 1. The summed E-state index contributed by atoms with van der Waals surface area (Å²) < 4.78 is 5.58. The van der Waals surface area contributed by atoms with E-state index in [4.69, 9.17) is 9.84 Å². The van der Waals surface area contributed by atoms with Gasteiger partial charge in [0.05, 0.1) is 19.1 Å². The summed E-state index contributed by atoms with van der Waals surface area (Å²) >= 11 is 0. The zero-order valence-electron chi connectivity index (χ0n) is 11.6. The molecule has 2 aromatic carbocycles.